The fourth-order valence-electron chi connectivity index (χ4n) is 3.46. The Hall–Kier alpha value is -2.89. The molecule has 3 heterocycles. The van der Waals surface area contributed by atoms with E-state index in [0.29, 0.717) is 28.9 Å². The lowest BCUT2D eigenvalue weighted by Crippen LogP contribution is -2.38. The van der Waals surface area contributed by atoms with Crippen LogP contribution < -0.4 is 16.0 Å². The van der Waals surface area contributed by atoms with Crippen LogP contribution in [-0.2, 0) is 16.0 Å². The molecule has 0 bridgehead atoms. The molecule has 2 amide bonds. The lowest BCUT2D eigenvalue weighted by Gasteiger charge is -2.28. The maximum absolute atomic E-state index is 12.6. The number of aromatic nitrogens is 3. The van der Waals surface area contributed by atoms with Crippen molar-refractivity contribution in [1.82, 2.24) is 14.8 Å². The first kappa shape index (κ1) is 22.3. The number of carbonyl (C=O) groups excluding carboxylic acids is 2. The van der Waals surface area contributed by atoms with Crippen molar-refractivity contribution in [3.63, 3.8) is 0 Å². The Bertz CT molecular complexity index is 1110. The highest BCUT2D eigenvalue weighted by atomic mass is 32.2. The molecule has 2 aromatic heterocycles. The van der Waals surface area contributed by atoms with Crippen molar-refractivity contribution >= 4 is 45.9 Å². The second-order valence-electron chi connectivity index (χ2n) is 7.06. The van der Waals surface area contributed by atoms with Crippen molar-refractivity contribution in [1.29, 1.82) is 0 Å². The van der Waals surface area contributed by atoms with Crippen LogP contribution in [0.5, 0.6) is 0 Å². The fourth-order valence-corrected chi connectivity index (χ4v) is 5.00. The number of benzene rings is 1. The maximum atomic E-state index is 12.6. The molecule has 9 nitrogen and oxygen atoms in total. The number of aryl methyl sites for hydroxylation is 1. The van der Waals surface area contributed by atoms with Gasteiger partial charge in [0, 0.05) is 13.1 Å². The van der Waals surface area contributed by atoms with Crippen LogP contribution >= 0.6 is 23.1 Å². The third-order valence-electron chi connectivity index (χ3n) is 5.04. The lowest BCUT2D eigenvalue weighted by molar-refractivity contribution is -0.113. The van der Waals surface area contributed by atoms with Gasteiger partial charge in [-0.3, -0.25) is 14.2 Å². The number of hydrogen-bond acceptors (Lipinski definition) is 8. The van der Waals surface area contributed by atoms with Crippen LogP contribution in [-0.4, -0.2) is 58.6 Å². The number of nitrogens with two attached hydrogens (primary N) is 1. The molecule has 0 spiro atoms. The highest BCUT2D eigenvalue weighted by molar-refractivity contribution is 7.99. The standard InChI is InChI=1S/C21H24N6O3S2/c1-2-14-5-3-4-6-16(14)27-20(26-8-10-30-11-9-26)24-25-21(27)32-13-17(28)23-19-15(18(22)29)7-12-31-19/h3-7,12H,2,8-11,13H2,1H3,(H2,22,29)(H,23,28). The zero-order chi connectivity index (χ0) is 22.5. The first-order chi connectivity index (χ1) is 15.6. The number of carbonyl (C=O) groups is 2. The Kier molecular flexibility index (Phi) is 7.08. The summed E-state index contributed by atoms with van der Waals surface area (Å²) in [5.74, 6) is 0.0453. The minimum absolute atomic E-state index is 0.117. The Morgan fingerprint density at radius 1 is 1.22 bits per heavy atom. The van der Waals surface area contributed by atoms with E-state index in [1.807, 2.05) is 22.8 Å². The number of hydrogen-bond donors (Lipinski definition) is 2. The average Bonchev–Trinajstić information content (AvgIpc) is 3.45. The molecule has 1 fully saturated rings. The molecular formula is C21H24N6O3S2. The average molecular weight is 473 g/mol. The van der Waals surface area contributed by atoms with Crippen LogP contribution in [0.3, 0.4) is 0 Å². The molecular weight excluding hydrogens is 448 g/mol. The Morgan fingerprint density at radius 3 is 2.75 bits per heavy atom. The minimum atomic E-state index is -0.569. The summed E-state index contributed by atoms with van der Waals surface area (Å²) in [7, 11) is 0. The van der Waals surface area contributed by atoms with E-state index in [4.69, 9.17) is 10.5 Å². The highest BCUT2D eigenvalue weighted by Crippen LogP contribution is 2.30. The van der Waals surface area contributed by atoms with Gasteiger partial charge in [-0.2, -0.15) is 0 Å². The van der Waals surface area contributed by atoms with Crippen LogP contribution in [0.4, 0.5) is 10.9 Å². The van der Waals surface area contributed by atoms with Crippen molar-refractivity contribution in [2.45, 2.75) is 18.5 Å². The number of anilines is 2. The van der Waals surface area contributed by atoms with Gasteiger partial charge < -0.3 is 20.7 Å². The van der Waals surface area contributed by atoms with E-state index < -0.39 is 5.91 Å². The van der Waals surface area contributed by atoms with Gasteiger partial charge in [0.15, 0.2) is 5.16 Å². The molecule has 0 aliphatic carbocycles. The van der Waals surface area contributed by atoms with Gasteiger partial charge in [-0.15, -0.1) is 21.5 Å². The van der Waals surface area contributed by atoms with Gasteiger partial charge in [-0.1, -0.05) is 36.9 Å². The summed E-state index contributed by atoms with van der Waals surface area (Å²) in [4.78, 5) is 26.2. The molecule has 1 aliphatic heterocycles. The Morgan fingerprint density at radius 2 is 2.00 bits per heavy atom. The highest BCUT2D eigenvalue weighted by Gasteiger charge is 2.23. The normalized spacial score (nSPS) is 13.8. The number of para-hydroxylation sites is 1. The SMILES string of the molecule is CCc1ccccc1-n1c(SCC(=O)Nc2sccc2C(N)=O)nnc1N1CCOCC1. The summed E-state index contributed by atoms with van der Waals surface area (Å²) >= 11 is 2.56. The van der Waals surface area contributed by atoms with Crippen LogP contribution in [0.25, 0.3) is 5.69 Å². The second-order valence-corrected chi connectivity index (χ2v) is 8.92. The van der Waals surface area contributed by atoms with Gasteiger partial charge in [-0.25, -0.2) is 0 Å². The van der Waals surface area contributed by atoms with Gasteiger partial charge >= 0.3 is 0 Å². The Labute approximate surface area is 194 Å². The van der Waals surface area contributed by atoms with E-state index >= 15 is 0 Å². The van der Waals surface area contributed by atoms with Crippen molar-refractivity contribution in [2.75, 3.05) is 42.3 Å². The lowest BCUT2D eigenvalue weighted by atomic mass is 10.1. The predicted molar refractivity (Wildman–Crippen MR) is 126 cm³/mol. The van der Waals surface area contributed by atoms with Crippen LogP contribution in [0.2, 0.25) is 0 Å². The summed E-state index contributed by atoms with van der Waals surface area (Å²) in [5.41, 5.74) is 7.83. The summed E-state index contributed by atoms with van der Waals surface area (Å²) < 4.78 is 7.50. The van der Waals surface area contributed by atoms with Gasteiger partial charge in [0.2, 0.25) is 11.9 Å². The van der Waals surface area contributed by atoms with Crippen molar-refractivity contribution < 1.29 is 14.3 Å². The topological polar surface area (TPSA) is 115 Å². The van der Waals surface area contributed by atoms with E-state index in [1.165, 1.54) is 23.1 Å². The van der Waals surface area contributed by atoms with Gasteiger partial charge in [-0.05, 0) is 29.5 Å². The number of nitrogens with zero attached hydrogens (tertiary/aromatic N) is 4. The van der Waals surface area contributed by atoms with E-state index in [9.17, 15) is 9.59 Å². The first-order valence-corrected chi connectivity index (χ1v) is 12.1. The number of thioether (sulfide) groups is 1. The number of amides is 2. The summed E-state index contributed by atoms with van der Waals surface area (Å²) in [6, 6.07) is 9.73. The molecule has 4 rings (SSSR count). The molecule has 32 heavy (non-hydrogen) atoms. The van der Waals surface area contributed by atoms with Gasteiger partial charge in [0.25, 0.3) is 5.91 Å². The molecule has 0 unspecified atom stereocenters. The molecule has 1 aromatic carbocycles. The molecule has 3 N–H and O–H groups in total. The second kappa shape index (κ2) is 10.2. The zero-order valence-electron chi connectivity index (χ0n) is 17.6. The monoisotopic (exact) mass is 472 g/mol. The fraction of sp³-hybridized carbons (Fsp3) is 0.333. The van der Waals surface area contributed by atoms with Crippen LogP contribution in [0.15, 0.2) is 40.9 Å². The minimum Gasteiger partial charge on any atom is -0.378 e. The van der Waals surface area contributed by atoms with Crippen molar-refractivity contribution in [3.8, 4) is 5.69 Å². The van der Waals surface area contributed by atoms with Gasteiger partial charge in [0.1, 0.15) is 5.00 Å². The van der Waals surface area contributed by atoms with Crippen LogP contribution in [0.1, 0.15) is 22.8 Å². The molecule has 0 atom stereocenters. The number of rotatable bonds is 8. The number of thiophene rings is 1. The molecule has 168 valence electrons. The van der Waals surface area contributed by atoms with E-state index in [-0.39, 0.29) is 11.7 Å². The molecule has 1 aliphatic rings. The van der Waals surface area contributed by atoms with Gasteiger partial charge in [0.05, 0.1) is 30.2 Å². The smallest absolute Gasteiger partial charge is 0.251 e. The third kappa shape index (κ3) is 4.79. The molecule has 11 heteroatoms. The number of primary amides is 1. The quantitative estimate of drug-likeness (QED) is 0.484. The summed E-state index contributed by atoms with van der Waals surface area (Å²) in [6.45, 7) is 4.83. The summed E-state index contributed by atoms with van der Waals surface area (Å²) in [5, 5.41) is 14.4. The predicted octanol–water partition coefficient (Wildman–Crippen LogP) is 2.56. The molecule has 1 saturated heterocycles. The Balaban J connectivity index is 1.58. The van der Waals surface area contributed by atoms with E-state index in [1.54, 1.807) is 11.4 Å². The third-order valence-corrected chi connectivity index (χ3v) is 6.80. The van der Waals surface area contributed by atoms with Crippen molar-refractivity contribution in [3.05, 3.63) is 46.8 Å². The first-order valence-electron chi connectivity index (χ1n) is 10.2. The zero-order valence-corrected chi connectivity index (χ0v) is 19.2. The van der Waals surface area contributed by atoms with Crippen LogP contribution in [0, 0.1) is 0 Å². The molecule has 3 aromatic rings. The van der Waals surface area contributed by atoms with E-state index in [0.717, 1.165) is 36.7 Å². The number of ether oxygens (including phenoxy) is 1. The number of morpholine rings is 1. The summed E-state index contributed by atoms with van der Waals surface area (Å²) in [6.07, 6.45) is 0.857. The van der Waals surface area contributed by atoms with E-state index in [2.05, 4.69) is 33.4 Å². The largest absolute Gasteiger partial charge is 0.378 e. The maximum Gasteiger partial charge on any atom is 0.251 e. The molecule has 0 radical (unpaired) electrons. The van der Waals surface area contributed by atoms with Crippen molar-refractivity contribution in [2.24, 2.45) is 5.73 Å². The number of nitrogens with one attached hydrogen (secondary N) is 1. The molecule has 0 saturated carbocycles.